The maximum Gasteiger partial charge on any atom is 0.279 e. The Balaban J connectivity index is 1.96. The summed E-state index contributed by atoms with van der Waals surface area (Å²) in [5.41, 5.74) is 0.621. The summed E-state index contributed by atoms with van der Waals surface area (Å²) in [6, 6.07) is 9.43. The lowest BCUT2D eigenvalue weighted by Gasteiger charge is -2.15. The molecule has 2 aromatic rings. The molecule has 0 fully saturated rings. The van der Waals surface area contributed by atoms with Crippen molar-refractivity contribution in [2.45, 2.75) is 6.54 Å². The highest BCUT2D eigenvalue weighted by Gasteiger charge is 2.14. The zero-order chi connectivity index (χ0) is 15.9. The second-order valence-electron chi connectivity index (χ2n) is 5.00. The highest BCUT2D eigenvalue weighted by atomic mass is 32.1. The van der Waals surface area contributed by atoms with Gasteiger partial charge in [-0.2, -0.15) is 0 Å². The number of rotatable bonds is 7. The zero-order valence-electron chi connectivity index (χ0n) is 13.0. The fourth-order valence-corrected chi connectivity index (χ4v) is 2.97. The number of benzene rings is 1. The molecule has 1 heterocycles. The van der Waals surface area contributed by atoms with E-state index in [1.54, 1.807) is 43.8 Å². The minimum Gasteiger partial charge on any atom is -0.497 e. The Bertz CT molecular complexity index is 614. The number of nitrogens with one attached hydrogen (secondary N) is 2. The predicted octanol–water partition coefficient (Wildman–Crippen LogP) is 1.42. The first-order chi connectivity index (χ1) is 10.6. The average Bonchev–Trinajstić information content (AvgIpc) is 2.99. The third-order valence-electron chi connectivity index (χ3n) is 3.20. The molecule has 5 nitrogen and oxygen atoms in total. The first-order valence-corrected chi connectivity index (χ1v) is 7.86. The summed E-state index contributed by atoms with van der Waals surface area (Å²) in [6.45, 7) is 1.22. The van der Waals surface area contributed by atoms with Crippen LogP contribution >= 0.6 is 11.3 Å². The molecule has 1 aromatic carbocycles. The van der Waals surface area contributed by atoms with Gasteiger partial charge in [0.25, 0.3) is 5.91 Å². The Labute approximate surface area is 134 Å². The van der Waals surface area contributed by atoms with E-state index in [0.29, 0.717) is 23.7 Å². The molecule has 1 atom stereocenters. The standard InChI is InChI=1S/C16H20N2O3S/c1-18(10-13-5-4-8-22-13)11-16(19)17-14-9-12(20-2)6-7-15(14)21-3/h4-9H,10-11H2,1-3H3,(H,17,19)/p+1. The number of quaternary nitrogens is 1. The summed E-state index contributed by atoms with van der Waals surface area (Å²) in [6.07, 6.45) is 0. The van der Waals surface area contributed by atoms with Gasteiger partial charge in [0.15, 0.2) is 6.54 Å². The van der Waals surface area contributed by atoms with Crippen LogP contribution in [-0.2, 0) is 11.3 Å². The molecule has 0 aliphatic rings. The van der Waals surface area contributed by atoms with E-state index in [4.69, 9.17) is 9.47 Å². The first-order valence-electron chi connectivity index (χ1n) is 6.98. The quantitative estimate of drug-likeness (QED) is 0.811. The number of likely N-dealkylation sites (N-methyl/N-ethyl adjacent to an activating group) is 1. The van der Waals surface area contributed by atoms with Gasteiger partial charge < -0.3 is 19.7 Å². The number of hydrogen-bond donors (Lipinski definition) is 2. The molecule has 0 radical (unpaired) electrons. The van der Waals surface area contributed by atoms with E-state index in [2.05, 4.69) is 11.4 Å². The monoisotopic (exact) mass is 321 g/mol. The molecule has 1 unspecified atom stereocenters. The van der Waals surface area contributed by atoms with Gasteiger partial charge in [-0.05, 0) is 23.6 Å². The highest BCUT2D eigenvalue weighted by Crippen LogP contribution is 2.28. The third-order valence-corrected chi connectivity index (χ3v) is 4.08. The van der Waals surface area contributed by atoms with Gasteiger partial charge in [-0.3, -0.25) is 4.79 Å². The van der Waals surface area contributed by atoms with Crippen LogP contribution in [0.15, 0.2) is 35.7 Å². The minimum absolute atomic E-state index is 0.0550. The van der Waals surface area contributed by atoms with Crippen LogP contribution in [0.25, 0.3) is 0 Å². The first kappa shape index (κ1) is 16.3. The lowest BCUT2D eigenvalue weighted by Crippen LogP contribution is -3.08. The molecule has 1 amide bonds. The summed E-state index contributed by atoms with van der Waals surface area (Å²) in [5.74, 6) is 1.24. The largest absolute Gasteiger partial charge is 0.497 e. The van der Waals surface area contributed by atoms with Gasteiger partial charge in [0.2, 0.25) is 0 Å². The van der Waals surface area contributed by atoms with Crippen molar-refractivity contribution in [1.29, 1.82) is 0 Å². The third kappa shape index (κ3) is 4.47. The minimum atomic E-state index is -0.0550. The van der Waals surface area contributed by atoms with Crippen LogP contribution < -0.4 is 19.7 Å². The lowest BCUT2D eigenvalue weighted by atomic mass is 10.2. The number of methoxy groups -OCH3 is 2. The molecule has 0 aliphatic heterocycles. The second-order valence-corrected chi connectivity index (χ2v) is 6.04. The van der Waals surface area contributed by atoms with E-state index < -0.39 is 0 Å². The van der Waals surface area contributed by atoms with Gasteiger partial charge in [0.1, 0.15) is 18.0 Å². The van der Waals surface area contributed by atoms with Gasteiger partial charge in [0.05, 0.1) is 31.8 Å². The molecule has 22 heavy (non-hydrogen) atoms. The maximum absolute atomic E-state index is 12.2. The predicted molar refractivity (Wildman–Crippen MR) is 88.0 cm³/mol. The number of amides is 1. The molecule has 0 spiro atoms. The van der Waals surface area contributed by atoms with E-state index in [0.717, 1.165) is 11.4 Å². The van der Waals surface area contributed by atoms with Crippen LogP contribution in [0.3, 0.4) is 0 Å². The molecular weight excluding hydrogens is 300 g/mol. The summed E-state index contributed by atoms with van der Waals surface area (Å²) >= 11 is 1.70. The van der Waals surface area contributed by atoms with Crippen LogP contribution in [0.4, 0.5) is 5.69 Å². The Morgan fingerprint density at radius 2 is 2.09 bits per heavy atom. The van der Waals surface area contributed by atoms with Crippen molar-refractivity contribution in [3.63, 3.8) is 0 Å². The fraction of sp³-hybridized carbons (Fsp3) is 0.312. The molecule has 0 aliphatic carbocycles. The number of thiophene rings is 1. The van der Waals surface area contributed by atoms with Gasteiger partial charge in [0, 0.05) is 6.07 Å². The van der Waals surface area contributed by atoms with Crippen molar-refractivity contribution < 1.29 is 19.2 Å². The average molecular weight is 321 g/mol. The van der Waals surface area contributed by atoms with Crippen molar-refractivity contribution in [3.8, 4) is 11.5 Å². The topological polar surface area (TPSA) is 52.0 Å². The van der Waals surface area contributed by atoms with Gasteiger partial charge in [-0.15, -0.1) is 11.3 Å². The van der Waals surface area contributed by atoms with Crippen molar-refractivity contribution in [1.82, 2.24) is 0 Å². The molecule has 0 bridgehead atoms. The highest BCUT2D eigenvalue weighted by molar-refractivity contribution is 7.09. The fourth-order valence-electron chi connectivity index (χ4n) is 2.15. The number of ether oxygens (including phenoxy) is 2. The molecule has 2 rings (SSSR count). The van der Waals surface area contributed by atoms with Gasteiger partial charge >= 0.3 is 0 Å². The molecule has 0 saturated heterocycles. The van der Waals surface area contributed by atoms with Crippen LogP contribution in [0.2, 0.25) is 0 Å². The van der Waals surface area contributed by atoms with Gasteiger partial charge in [-0.25, -0.2) is 0 Å². The molecule has 1 aromatic heterocycles. The van der Waals surface area contributed by atoms with Gasteiger partial charge in [-0.1, -0.05) is 6.07 Å². The SMILES string of the molecule is COc1ccc(OC)c(NC(=O)C[NH+](C)Cc2cccs2)c1. The van der Waals surface area contributed by atoms with E-state index in [9.17, 15) is 4.79 Å². The van der Waals surface area contributed by atoms with E-state index in [-0.39, 0.29) is 5.91 Å². The van der Waals surface area contributed by atoms with Crippen LogP contribution in [0.1, 0.15) is 4.88 Å². The van der Waals surface area contributed by atoms with E-state index in [1.807, 2.05) is 18.5 Å². The number of anilines is 1. The summed E-state index contributed by atoms with van der Waals surface area (Å²) < 4.78 is 10.4. The molecule has 0 saturated carbocycles. The lowest BCUT2D eigenvalue weighted by molar-refractivity contribution is -0.884. The molecular formula is C16H21N2O3S+. The van der Waals surface area contributed by atoms with Crippen LogP contribution in [0.5, 0.6) is 11.5 Å². The normalized spacial score (nSPS) is 11.8. The van der Waals surface area contributed by atoms with Crippen LogP contribution in [-0.4, -0.2) is 33.7 Å². The van der Waals surface area contributed by atoms with Crippen LogP contribution in [0, 0.1) is 0 Å². The Hall–Kier alpha value is -2.05. The van der Waals surface area contributed by atoms with Crippen molar-refractivity contribution in [2.75, 3.05) is 33.1 Å². The summed E-state index contributed by atoms with van der Waals surface area (Å²) in [7, 11) is 5.17. The van der Waals surface area contributed by atoms with E-state index in [1.165, 1.54) is 4.88 Å². The summed E-state index contributed by atoms with van der Waals surface area (Å²) in [5, 5.41) is 4.93. The Morgan fingerprint density at radius 1 is 1.27 bits per heavy atom. The number of carbonyl (C=O) groups excluding carboxylic acids is 1. The van der Waals surface area contributed by atoms with Crippen molar-refractivity contribution in [3.05, 3.63) is 40.6 Å². The summed E-state index contributed by atoms with van der Waals surface area (Å²) in [4.78, 5) is 14.6. The number of hydrogen-bond acceptors (Lipinski definition) is 4. The second kappa shape index (κ2) is 7.82. The number of carbonyl (C=O) groups is 1. The van der Waals surface area contributed by atoms with Crippen molar-refractivity contribution >= 4 is 22.9 Å². The van der Waals surface area contributed by atoms with Crippen molar-refractivity contribution in [2.24, 2.45) is 0 Å². The smallest absolute Gasteiger partial charge is 0.279 e. The van der Waals surface area contributed by atoms with E-state index >= 15 is 0 Å². The maximum atomic E-state index is 12.2. The zero-order valence-corrected chi connectivity index (χ0v) is 13.8. The molecule has 6 heteroatoms. The molecule has 2 N–H and O–H groups in total. The Kier molecular flexibility index (Phi) is 5.80. The Morgan fingerprint density at radius 3 is 2.73 bits per heavy atom. The molecule has 118 valence electrons.